The van der Waals surface area contributed by atoms with Crippen LogP contribution in [0, 0.1) is 0 Å². The largest absolute Gasteiger partial charge is 0.462 e. The van der Waals surface area contributed by atoms with Crippen molar-refractivity contribution < 1.29 is 47.7 Å². The molecule has 3 N–H and O–H groups in total. The monoisotopic (exact) mass is 751 g/mol. The van der Waals surface area contributed by atoms with Gasteiger partial charge < -0.3 is 33.6 Å². The third kappa shape index (κ3) is 30.0. The van der Waals surface area contributed by atoms with Crippen molar-refractivity contribution in [1.82, 2.24) is 0 Å². The summed E-state index contributed by atoms with van der Waals surface area (Å²) < 4.78 is 29.7. The number of unbranched alkanes of at least 4 members (excludes halogenated alkanes) is 22. The van der Waals surface area contributed by atoms with Gasteiger partial charge in [-0.2, -0.15) is 0 Å². The molecular weight excluding hydrogens is 669 g/mol. The van der Waals surface area contributed by atoms with E-state index in [1.807, 2.05) is 0 Å². The third-order valence-corrected chi connectivity index (χ3v) is 12.2. The fourth-order valence-corrected chi connectivity index (χ4v) is 7.67. The summed E-state index contributed by atoms with van der Waals surface area (Å²) in [6.45, 7) is 5.62. The van der Waals surface area contributed by atoms with Gasteiger partial charge in [-0.3, -0.25) is 14.2 Å². The lowest BCUT2D eigenvalue weighted by Crippen LogP contribution is -2.49. The summed E-state index contributed by atoms with van der Waals surface area (Å²) in [5, 5.41) is 18.5. The van der Waals surface area contributed by atoms with E-state index in [1.165, 1.54) is 109 Å². The molecule has 0 amide bonds. The summed E-state index contributed by atoms with van der Waals surface area (Å²) in [5.41, 5.74) is 0. The molecule has 11 heteroatoms. The average molecular weight is 751 g/mol. The number of esters is 2. The SMILES string of the molecule is CCCCCCCCCCCCCCCCCC(=O)OC[C@H](COP(=O)(O)C(C)[N+](C)(C)CCC(O)O)OC(=O)CCCCCCCCCCC. The Morgan fingerprint density at radius 1 is 0.608 bits per heavy atom. The molecule has 0 saturated carbocycles. The molecule has 0 radical (unpaired) electrons. The van der Waals surface area contributed by atoms with Crippen LogP contribution in [0.15, 0.2) is 0 Å². The van der Waals surface area contributed by atoms with Crippen LogP contribution >= 0.6 is 7.60 Å². The number of aliphatic hydroxyl groups excluding tert-OH is 1. The van der Waals surface area contributed by atoms with Crippen LogP contribution in [0.3, 0.4) is 0 Å². The quantitative estimate of drug-likeness (QED) is 0.0186. The van der Waals surface area contributed by atoms with Crippen molar-refractivity contribution in [3.8, 4) is 0 Å². The number of ether oxygens (including phenoxy) is 2. The Labute approximate surface area is 312 Å². The Kier molecular flexibility index (Phi) is 31.8. The molecule has 51 heavy (non-hydrogen) atoms. The third-order valence-electron chi connectivity index (χ3n) is 10.1. The summed E-state index contributed by atoms with van der Waals surface area (Å²) >= 11 is 0. The highest BCUT2D eigenvalue weighted by Gasteiger charge is 2.42. The van der Waals surface area contributed by atoms with Crippen molar-refractivity contribution in [2.75, 3.05) is 33.9 Å². The Balaban J connectivity index is 4.61. The first-order chi connectivity index (χ1) is 24.4. The summed E-state index contributed by atoms with van der Waals surface area (Å²) in [4.78, 5) is 36.0. The molecule has 0 aromatic carbocycles. The van der Waals surface area contributed by atoms with Crippen LogP contribution in [0.4, 0.5) is 0 Å². The lowest BCUT2D eigenvalue weighted by molar-refractivity contribution is -0.901. The van der Waals surface area contributed by atoms with Gasteiger partial charge in [-0.05, 0) is 19.8 Å². The number of nitrogens with zero attached hydrogens (tertiary/aromatic N) is 1. The van der Waals surface area contributed by atoms with E-state index in [-0.39, 0.29) is 42.9 Å². The van der Waals surface area contributed by atoms with Gasteiger partial charge in [0.25, 0.3) is 0 Å². The van der Waals surface area contributed by atoms with E-state index in [0.717, 1.165) is 38.5 Å². The van der Waals surface area contributed by atoms with Crippen molar-refractivity contribution in [3.05, 3.63) is 0 Å². The highest BCUT2D eigenvalue weighted by molar-refractivity contribution is 7.53. The Morgan fingerprint density at radius 2 is 0.980 bits per heavy atom. The van der Waals surface area contributed by atoms with Gasteiger partial charge >= 0.3 is 19.5 Å². The normalized spacial score (nSPS) is 14.4. The molecule has 304 valence electrons. The number of quaternary nitrogens is 1. The van der Waals surface area contributed by atoms with Crippen LogP contribution < -0.4 is 0 Å². The molecule has 0 aliphatic carbocycles. The second-order valence-electron chi connectivity index (χ2n) is 15.3. The van der Waals surface area contributed by atoms with Crippen LogP contribution in [0.5, 0.6) is 0 Å². The minimum absolute atomic E-state index is 0.0166. The second kappa shape index (κ2) is 32.4. The van der Waals surface area contributed by atoms with Crippen molar-refractivity contribution in [2.24, 2.45) is 0 Å². The summed E-state index contributed by atoms with van der Waals surface area (Å²) in [7, 11) is -0.803. The van der Waals surface area contributed by atoms with Crippen molar-refractivity contribution in [2.45, 2.75) is 212 Å². The van der Waals surface area contributed by atoms with E-state index in [9.17, 15) is 29.3 Å². The topological polar surface area (TPSA) is 140 Å². The van der Waals surface area contributed by atoms with Gasteiger partial charge in [0.1, 0.15) is 6.61 Å². The molecule has 0 aliphatic rings. The van der Waals surface area contributed by atoms with Gasteiger partial charge in [-0.15, -0.1) is 0 Å². The molecule has 0 saturated heterocycles. The van der Waals surface area contributed by atoms with Gasteiger partial charge in [0, 0.05) is 19.3 Å². The number of hydrogen-bond donors (Lipinski definition) is 3. The van der Waals surface area contributed by atoms with E-state index in [4.69, 9.17) is 14.0 Å². The predicted octanol–water partition coefficient (Wildman–Crippen LogP) is 9.95. The molecule has 0 spiro atoms. The van der Waals surface area contributed by atoms with E-state index in [2.05, 4.69) is 13.8 Å². The highest BCUT2D eigenvalue weighted by Crippen LogP contribution is 2.50. The first kappa shape index (κ1) is 50.0. The first-order valence-electron chi connectivity index (χ1n) is 20.9. The fourth-order valence-electron chi connectivity index (χ4n) is 6.17. The average Bonchev–Trinajstić information content (AvgIpc) is 3.09. The van der Waals surface area contributed by atoms with E-state index < -0.39 is 38.3 Å². The fraction of sp³-hybridized carbons (Fsp3) is 0.950. The molecule has 0 heterocycles. The summed E-state index contributed by atoms with van der Waals surface area (Å²) in [6.07, 6.45) is 26.7. The predicted molar refractivity (Wildman–Crippen MR) is 207 cm³/mol. The minimum atomic E-state index is -4.22. The number of rotatable bonds is 37. The lowest BCUT2D eigenvalue weighted by Gasteiger charge is -2.37. The van der Waals surface area contributed by atoms with Crippen molar-refractivity contribution >= 4 is 19.5 Å². The molecule has 3 atom stereocenters. The Morgan fingerprint density at radius 3 is 1.37 bits per heavy atom. The Hall–Kier alpha value is -1.03. The van der Waals surface area contributed by atoms with E-state index in [0.29, 0.717) is 6.42 Å². The van der Waals surface area contributed by atoms with Gasteiger partial charge in [0.05, 0.1) is 27.2 Å². The van der Waals surface area contributed by atoms with Crippen LogP contribution in [0.2, 0.25) is 0 Å². The maximum atomic E-state index is 13.2. The standard InChI is InChI=1S/C40H80NO9P/c1-6-8-10-12-14-16-17-18-19-20-21-23-24-26-28-30-39(44)48-34-37(50-40(45)31-29-27-25-22-15-13-11-9-7-2)35-49-51(46,47)36(3)41(4,5)33-32-38(42)43/h36-38,42-43H,6-35H2,1-5H3/p+1/t36?,37-/m1/s1. The smallest absolute Gasteiger partial charge is 0.384 e. The number of carbonyl (C=O) groups excluding carboxylic acids is 2. The molecule has 0 aliphatic heterocycles. The van der Waals surface area contributed by atoms with Gasteiger partial charge in [-0.1, -0.05) is 155 Å². The van der Waals surface area contributed by atoms with E-state index >= 15 is 0 Å². The second-order valence-corrected chi connectivity index (χ2v) is 17.5. The molecule has 0 fully saturated rings. The molecule has 2 unspecified atom stereocenters. The van der Waals surface area contributed by atoms with Gasteiger partial charge in [-0.25, -0.2) is 0 Å². The van der Waals surface area contributed by atoms with Crippen LogP contribution in [-0.2, 0) is 28.2 Å². The zero-order valence-electron chi connectivity index (χ0n) is 33.6. The molecule has 10 nitrogen and oxygen atoms in total. The molecule has 0 aromatic heterocycles. The Bertz CT molecular complexity index is 886. The van der Waals surface area contributed by atoms with Gasteiger partial charge in [0.15, 0.2) is 18.2 Å². The first-order valence-corrected chi connectivity index (χ1v) is 22.5. The molecule has 0 aromatic rings. The van der Waals surface area contributed by atoms with Crippen LogP contribution in [0.1, 0.15) is 194 Å². The van der Waals surface area contributed by atoms with Crippen molar-refractivity contribution in [3.63, 3.8) is 0 Å². The van der Waals surface area contributed by atoms with Gasteiger partial charge in [0.2, 0.25) is 0 Å². The van der Waals surface area contributed by atoms with Crippen LogP contribution in [0.25, 0.3) is 0 Å². The lowest BCUT2D eigenvalue weighted by atomic mass is 10.0. The van der Waals surface area contributed by atoms with E-state index in [1.54, 1.807) is 21.0 Å². The number of carbonyl (C=O) groups is 2. The maximum absolute atomic E-state index is 13.2. The number of hydrogen-bond acceptors (Lipinski definition) is 8. The zero-order chi connectivity index (χ0) is 38.2. The minimum Gasteiger partial charge on any atom is -0.462 e. The maximum Gasteiger partial charge on any atom is 0.384 e. The summed E-state index contributed by atoms with van der Waals surface area (Å²) in [6, 6.07) is 0. The number of aliphatic hydroxyl groups is 2. The molecule has 0 bridgehead atoms. The summed E-state index contributed by atoms with van der Waals surface area (Å²) in [5.74, 6) is -1.72. The highest BCUT2D eigenvalue weighted by atomic mass is 31.2. The van der Waals surface area contributed by atoms with Crippen molar-refractivity contribution in [1.29, 1.82) is 0 Å². The van der Waals surface area contributed by atoms with Crippen LogP contribution in [-0.4, -0.2) is 83.6 Å². The molecule has 0 rings (SSSR count). The molecular formula is C40H81NO9P+. The zero-order valence-corrected chi connectivity index (χ0v) is 34.5.